The van der Waals surface area contributed by atoms with Crippen LogP contribution in [0.4, 0.5) is 0 Å². The van der Waals surface area contributed by atoms with Gasteiger partial charge >= 0.3 is 0 Å². The molecule has 94 valence electrons. The Kier molecular flexibility index (Phi) is 3.76. The summed E-state index contributed by atoms with van der Waals surface area (Å²) >= 11 is 0. The molecule has 4 heteroatoms. The van der Waals surface area contributed by atoms with Gasteiger partial charge in [0.15, 0.2) is 0 Å². The van der Waals surface area contributed by atoms with Gasteiger partial charge in [0.1, 0.15) is 0 Å². The van der Waals surface area contributed by atoms with Crippen LogP contribution in [0.5, 0.6) is 0 Å². The lowest BCUT2D eigenvalue weighted by Crippen LogP contribution is -2.43. The van der Waals surface area contributed by atoms with E-state index in [1.165, 1.54) is 12.3 Å². The number of aromatic amines is 1. The van der Waals surface area contributed by atoms with E-state index >= 15 is 0 Å². The summed E-state index contributed by atoms with van der Waals surface area (Å²) in [5, 5.41) is 0. The van der Waals surface area contributed by atoms with E-state index in [1.807, 2.05) is 6.92 Å². The second-order valence-corrected chi connectivity index (χ2v) is 5.40. The van der Waals surface area contributed by atoms with Gasteiger partial charge < -0.3 is 9.88 Å². The van der Waals surface area contributed by atoms with Gasteiger partial charge in [-0.15, -0.1) is 0 Å². The molecule has 0 radical (unpaired) electrons. The minimum atomic E-state index is -0.201. The number of H-pyrrole nitrogens is 1. The number of hydrogen-bond donors (Lipinski definition) is 1. The van der Waals surface area contributed by atoms with Crippen molar-refractivity contribution in [1.82, 2.24) is 9.88 Å². The van der Waals surface area contributed by atoms with Crippen molar-refractivity contribution in [2.24, 2.45) is 5.41 Å². The van der Waals surface area contributed by atoms with Crippen molar-refractivity contribution >= 4 is 5.91 Å². The maximum absolute atomic E-state index is 12.1. The van der Waals surface area contributed by atoms with Gasteiger partial charge in [0.2, 0.25) is 5.56 Å². The van der Waals surface area contributed by atoms with E-state index in [0.717, 1.165) is 0 Å². The third-order valence-corrected chi connectivity index (χ3v) is 3.19. The molecular weight excluding hydrogens is 216 g/mol. The molecule has 0 aromatic carbocycles. The number of nitrogens with one attached hydrogen (secondary N) is 1. The third kappa shape index (κ3) is 3.19. The summed E-state index contributed by atoms with van der Waals surface area (Å²) < 4.78 is 0. The van der Waals surface area contributed by atoms with Gasteiger partial charge in [0, 0.05) is 25.4 Å². The van der Waals surface area contributed by atoms with Gasteiger partial charge in [-0.1, -0.05) is 20.8 Å². The van der Waals surface area contributed by atoms with E-state index in [9.17, 15) is 9.59 Å². The Labute approximate surface area is 102 Å². The van der Waals surface area contributed by atoms with Gasteiger partial charge in [0.25, 0.3) is 5.91 Å². The summed E-state index contributed by atoms with van der Waals surface area (Å²) in [4.78, 5) is 27.3. The Hall–Kier alpha value is -1.58. The van der Waals surface area contributed by atoms with Gasteiger partial charge in [0.05, 0.1) is 5.56 Å². The lowest BCUT2D eigenvalue weighted by atomic mass is 9.87. The molecule has 0 saturated heterocycles. The van der Waals surface area contributed by atoms with Crippen molar-refractivity contribution in [2.45, 2.75) is 33.7 Å². The first-order valence-electron chi connectivity index (χ1n) is 5.69. The van der Waals surface area contributed by atoms with Crippen LogP contribution in [-0.4, -0.2) is 28.9 Å². The Bertz CT molecular complexity index is 437. The van der Waals surface area contributed by atoms with E-state index in [-0.39, 0.29) is 22.9 Å². The van der Waals surface area contributed by atoms with Gasteiger partial charge in [-0.3, -0.25) is 9.59 Å². The summed E-state index contributed by atoms with van der Waals surface area (Å²) in [6, 6.07) is 3.03. The summed E-state index contributed by atoms with van der Waals surface area (Å²) in [7, 11) is 1.78. The predicted octanol–water partition coefficient (Wildman–Crippen LogP) is 1.88. The highest BCUT2D eigenvalue weighted by molar-refractivity contribution is 5.93. The molecule has 0 aliphatic carbocycles. The molecule has 0 aliphatic heterocycles. The van der Waals surface area contributed by atoms with E-state index < -0.39 is 0 Å². The monoisotopic (exact) mass is 236 g/mol. The van der Waals surface area contributed by atoms with E-state index in [0.29, 0.717) is 5.56 Å². The lowest BCUT2D eigenvalue weighted by molar-refractivity contribution is 0.0629. The average Bonchev–Trinajstić information content (AvgIpc) is 2.26. The quantitative estimate of drug-likeness (QED) is 0.852. The zero-order chi connectivity index (χ0) is 13.2. The number of amides is 1. The molecule has 17 heavy (non-hydrogen) atoms. The first-order valence-corrected chi connectivity index (χ1v) is 5.69. The molecule has 1 aromatic heterocycles. The Morgan fingerprint density at radius 3 is 2.35 bits per heavy atom. The fraction of sp³-hybridized carbons (Fsp3) is 0.538. The van der Waals surface area contributed by atoms with Crippen LogP contribution in [0.15, 0.2) is 23.1 Å². The standard InChI is InChI=1S/C13H20N2O2/c1-9(13(2,3)4)15(5)12(17)10-6-7-11(16)14-8-10/h6-9H,1-5H3,(H,14,16). The smallest absolute Gasteiger partial charge is 0.255 e. The van der Waals surface area contributed by atoms with Crippen molar-refractivity contribution < 1.29 is 4.79 Å². The Balaban J connectivity index is 2.90. The molecule has 0 bridgehead atoms. The van der Waals surface area contributed by atoms with Crippen LogP contribution in [0.1, 0.15) is 38.1 Å². The zero-order valence-electron chi connectivity index (χ0n) is 11.1. The largest absolute Gasteiger partial charge is 0.338 e. The second kappa shape index (κ2) is 4.73. The SMILES string of the molecule is CC(N(C)C(=O)c1ccc(=O)[nH]c1)C(C)(C)C. The van der Waals surface area contributed by atoms with Gasteiger partial charge in [-0.25, -0.2) is 0 Å². The number of aromatic nitrogens is 1. The van der Waals surface area contributed by atoms with E-state index in [2.05, 4.69) is 25.8 Å². The molecule has 0 aliphatic rings. The van der Waals surface area contributed by atoms with Gasteiger partial charge in [-0.2, -0.15) is 0 Å². The maximum Gasteiger partial charge on any atom is 0.255 e. The van der Waals surface area contributed by atoms with Crippen molar-refractivity contribution in [3.63, 3.8) is 0 Å². The Morgan fingerprint density at radius 2 is 1.94 bits per heavy atom. The normalized spacial score (nSPS) is 13.2. The molecule has 1 aromatic rings. The summed E-state index contributed by atoms with van der Waals surface area (Å²) in [6.45, 7) is 8.29. The summed E-state index contributed by atoms with van der Waals surface area (Å²) in [5.41, 5.74) is 0.323. The van der Waals surface area contributed by atoms with Crippen LogP contribution in [0.3, 0.4) is 0 Å². The molecule has 0 saturated carbocycles. The molecule has 1 amide bonds. The zero-order valence-corrected chi connectivity index (χ0v) is 11.1. The highest BCUT2D eigenvalue weighted by atomic mass is 16.2. The molecule has 1 heterocycles. The van der Waals surface area contributed by atoms with Crippen LogP contribution in [0.2, 0.25) is 0 Å². The van der Waals surface area contributed by atoms with Crippen LogP contribution < -0.4 is 5.56 Å². The minimum absolute atomic E-state index is 0.0204. The predicted molar refractivity (Wildman–Crippen MR) is 68.1 cm³/mol. The summed E-state index contributed by atoms with van der Waals surface area (Å²) in [6.07, 6.45) is 1.45. The third-order valence-electron chi connectivity index (χ3n) is 3.19. The fourth-order valence-electron chi connectivity index (χ4n) is 1.50. The maximum atomic E-state index is 12.1. The number of rotatable bonds is 2. The molecule has 1 N–H and O–H groups in total. The second-order valence-electron chi connectivity index (χ2n) is 5.40. The number of nitrogens with zero attached hydrogens (tertiary/aromatic N) is 1. The number of pyridine rings is 1. The van der Waals surface area contributed by atoms with E-state index in [1.54, 1.807) is 18.0 Å². The summed E-state index contributed by atoms with van der Waals surface area (Å²) in [5.74, 6) is -0.0799. The number of carbonyl (C=O) groups is 1. The topological polar surface area (TPSA) is 53.2 Å². The molecule has 0 spiro atoms. The Morgan fingerprint density at radius 1 is 1.35 bits per heavy atom. The minimum Gasteiger partial charge on any atom is -0.338 e. The van der Waals surface area contributed by atoms with Gasteiger partial charge in [-0.05, 0) is 18.4 Å². The molecular formula is C13H20N2O2. The van der Waals surface area contributed by atoms with Crippen LogP contribution >= 0.6 is 0 Å². The average molecular weight is 236 g/mol. The van der Waals surface area contributed by atoms with Crippen LogP contribution in [0, 0.1) is 5.41 Å². The highest BCUT2D eigenvalue weighted by Crippen LogP contribution is 2.23. The molecule has 1 unspecified atom stereocenters. The van der Waals surface area contributed by atoms with Crippen molar-refractivity contribution in [2.75, 3.05) is 7.05 Å². The molecule has 4 nitrogen and oxygen atoms in total. The highest BCUT2D eigenvalue weighted by Gasteiger charge is 2.27. The van der Waals surface area contributed by atoms with Crippen molar-refractivity contribution in [1.29, 1.82) is 0 Å². The lowest BCUT2D eigenvalue weighted by Gasteiger charge is -2.35. The van der Waals surface area contributed by atoms with E-state index in [4.69, 9.17) is 0 Å². The van der Waals surface area contributed by atoms with Crippen molar-refractivity contribution in [3.05, 3.63) is 34.2 Å². The first-order chi connectivity index (χ1) is 7.73. The van der Waals surface area contributed by atoms with Crippen LogP contribution in [-0.2, 0) is 0 Å². The van der Waals surface area contributed by atoms with Crippen LogP contribution in [0.25, 0.3) is 0 Å². The number of hydrogen-bond acceptors (Lipinski definition) is 2. The van der Waals surface area contributed by atoms with Crippen molar-refractivity contribution in [3.8, 4) is 0 Å². The number of carbonyl (C=O) groups excluding carboxylic acids is 1. The molecule has 1 atom stereocenters. The molecule has 0 fully saturated rings. The first kappa shape index (κ1) is 13.5. The fourth-order valence-corrected chi connectivity index (χ4v) is 1.50. The molecule has 1 rings (SSSR count).